The Bertz CT molecular complexity index is 588. The number of carbonyl (C=O) groups excluding carboxylic acids is 1. The summed E-state index contributed by atoms with van der Waals surface area (Å²) < 4.78 is 0.990. The first-order valence-corrected chi connectivity index (χ1v) is 6.28. The minimum Gasteiger partial charge on any atom is -0.399 e. The molecule has 0 atom stereocenters. The third kappa shape index (κ3) is 3.31. The number of hydrogen-bond acceptors (Lipinski definition) is 2. The fraction of sp³-hybridized carbons (Fsp3) is 0. The molecule has 0 aliphatic heterocycles. The van der Waals surface area contributed by atoms with E-state index in [9.17, 15) is 4.79 Å². The van der Waals surface area contributed by atoms with Crippen LogP contribution >= 0.6 is 15.9 Å². The number of hydrogen-bond donors (Lipinski definition) is 1. The van der Waals surface area contributed by atoms with Gasteiger partial charge in [-0.2, -0.15) is 0 Å². The monoisotopic (exact) mass is 301 g/mol. The van der Waals surface area contributed by atoms with Gasteiger partial charge in [0.2, 0.25) is 0 Å². The first-order chi connectivity index (χ1) is 8.65. The number of nitrogen functional groups attached to an aromatic ring is 1. The number of anilines is 1. The van der Waals surface area contributed by atoms with Crippen molar-refractivity contribution >= 4 is 33.5 Å². The maximum atomic E-state index is 11.9. The van der Waals surface area contributed by atoms with Gasteiger partial charge in [0.05, 0.1) is 0 Å². The second-order valence-corrected chi connectivity index (χ2v) is 4.79. The number of benzene rings is 2. The van der Waals surface area contributed by atoms with E-state index >= 15 is 0 Å². The molecule has 2 rings (SSSR count). The van der Waals surface area contributed by atoms with Crippen LogP contribution in [0.1, 0.15) is 15.9 Å². The maximum Gasteiger partial charge on any atom is 0.185 e. The summed E-state index contributed by atoms with van der Waals surface area (Å²) >= 11 is 3.39. The second-order valence-electron chi connectivity index (χ2n) is 3.87. The summed E-state index contributed by atoms with van der Waals surface area (Å²) in [6.45, 7) is 0. The Labute approximate surface area is 114 Å². The van der Waals surface area contributed by atoms with Gasteiger partial charge in [-0.3, -0.25) is 4.79 Å². The number of halogens is 1. The van der Waals surface area contributed by atoms with Crippen LogP contribution < -0.4 is 5.73 Å². The van der Waals surface area contributed by atoms with Crippen molar-refractivity contribution in [2.24, 2.45) is 0 Å². The summed E-state index contributed by atoms with van der Waals surface area (Å²) in [5.41, 5.74) is 7.84. The van der Waals surface area contributed by atoms with Gasteiger partial charge in [-0.05, 0) is 48.0 Å². The molecule has 0 radical (unpaired) electrons. The Morgan fingerprint density at radius 1 is 1.11 bits per heavy atom. The highest BCUT2D eigenvalue weighted by molar-refractivity contribution is 9.10. The predicted octanol–water partition coefficient (Wildman–Crippen LogP) is 3.93. The SMILES string of the molecule is Nc1ccc(C(=O)/C=C/c2cccc(Br)c2)cc1. The average molecular weight is 302 g/mol. The Kier molecular flexibility index (Phi) is 3.95. The van der Waals surface area contributed by atoms with Crippen LogP contribution in [0, 0.1) is 0 Å². The molecule has 0 spiro atoms. The third-order valence-corrected chi connectivity index (χ3v) is 2.96. The summed E-state index contributed by atoms with van der Waals surface area (Å²) in [6.07, 6.45) is 3.36. The van der Waals surface area contributed by atoms with Crippen molar-refractivity contribution in [3.63, 3.8) is 0 Å². The Hall–Kier alpha value is -1.87. The molecule has 2 nitrogen and oxygen atoms in total. The third-order valence-electron chi connectivity index (χ3n) is 2.47. The van der Waals surface area contributed by atoms with E-state index in [2.05, 4.69) is 15.9 Å². The van der Waals surface area contributed by atoms with Crippen LogP contribution in [0.25, 0.3) is 6.08 Å². The molecule has 0 saturated carbocycles. The van der Waals surface area contributed by atoms with Crippen LogP contribution in [0.5, 0.6) is 0 Å². The summed E-state index contributed by atoms with van der Waals surface area (Å²) in [5.74, 6) is -0.0324. The fourth-order valence-corrected chi connectivity index (χ4v) is 1.94. The molecule has 0 saturated heterocycles. The maximum absolute atomic E-state index is 11.9. The topological polar surface area (TPSA) is 43.1 Å². The van der Waals surface area contributed by atoms with Gasteiger partial charge in [0.15, 0.2) is 5.78 Å². The number of carbonyl (C=O) groups is 1. The molecule has 0 aliphatic carbocycles. The molecule has 0 aromatic heterocycles. The van der Waals surface area contributed by atoms with Crippen LogP contribution in [0.4, 0.5) is 5.69 Å². The van der Waals surface area contributed by atoms with Crippen molar-refractivity contribution < 1.29 is 4.79 Å². The summed E-state index contributed by atoms with van der Waals surface area (Å²) in [4.78, 5) is 11.9. The van der Waals surface area contributed by atoms with Crippen LogP contribution in [0.2, 0.25) is 0 Å². The smallest absolute Gasteiger partial charge is 0.185 e. The van der Waals surface area contributed by atoms with Crippen molar-refractivity contribution in [1.82, 2.24) is 0 Å². The molecule has 2 N–H and O–H groups in total. The second kappa shape index (κ2) is 5.65. The number of ketones is 1. The normalized spacial score (nSPS) is 10.7. The van der Waals surface area contributed by atoms with Crippen molar-refractivity contribution in [3.05, 3.63) is 70.2 Å². The van der Waals surface area contributed by atoms with E-state index in [-0.39, 0.29) is 5.78 Å². The molecule has 0 aliphatic rings. The van der Waals surface area contributed by atoms with Crippen LogP contribution in [0.15, 0.2) is 59.1 Å². The minimum absolute atomic E-state index is 0.0324. The van der Waals surface area contributed by atoms with Crippen LogP contribution in [-0.4, -0.2) is 5.78 Å². The van der Waals surface area contributed by atoms with E-state index in [1.165, 1.54) is 0 Å². The molecule has 18 heavy (non-hydrogen) atoms. The zero-order valence-corrected chi connectivity index (χ0v) is 11.2. The Balaban J connectivity index is 2.14. The lowest BCUT2D eigenvalue weighted by Crippen LogP contribution is -1.94. The van der Waals surface area contributed by atoms with E-state index in [1.54, 1.807) is 36.4 Å². The molecule has 0 unspecified atom stereocenters. The summed E-state index contributed by atoms with van der Waals surface area (Å²) in [5, 5.41) is 0. The molecule has 2 aromatic rings. The molecular formula is C15H12BrNO. The summed E-state index contributed by atoms with van der Waals surface area (Å²) in [7, 11) is 0. The fourth-order valence-electron chi connectivity index (χ4n) is 1.53. The Morgan fingerprint density at radius 3 is 2.50 bits per heavy atom. The highest BCUT2D eigenvalue weighted by atomic mass is 79.9. The van der Waals surface area contributed by atoms with Gasteiger partial charge in [-0.1, -0.05) is 34.1 Å². The van der Waals surface area contributed by atoms with Crippen LogP contribution in [0.3, 0.4) is 0 Å². The van der Waals surface area contributed by atoms with E-state index in [4.69, 9.17) is 5.73 Å². The van der Waals surface area contributed by atoms with Gasteiger partial charge in [-0.15, -0.1) is 0 Å². The number of rotatable bonds is 3. The van der Waals surface area contributed by atoms with Gasteiger partial charge < -0.3 is 5.73 Å². The zero-order chi connectivity index (χ0) is 13.0. The van der Waals surface area contributed by atoms with Crippen LogP contribution in [-0.2, 0) is 0 Å². The lowest BCUT2D eigenvalue weighted by molar-refractivity contribution is 0.104. The van der Waals surface area contributed by atoms with Gasteiger partial charge in [0.1, 0.15) is 0 Å². The molecule has 0 heterocycles. The standard InChI is InChI=1S/C15H12BrNO/c16-13-3-1-2-11(10-13)4-9-15(18)12-5-7-14(17)8-6-12/h1-10H,17H2/b9-4+. The molecular weight excluding hydrogens is 290 g/mol. The lowest BCUT2D eigenvalue weighted by atomic mass is 10.1. The van der Waals surface area contributed by atoms with E-state index in [0.29, 0.717) is 11.3 Å². The highest BCUT2D eigenvalue weighted by Gasteiger charge is 2.00. The molecule has 0 amide bonds. The summed E-state index contributed by atoms with van der Waals surface area (Å²) in [6, 6.07) is 14.7. The number of nitrogens with two attached hydrogens (primary N) is 1. The van der Waals surface area contributed by atoms with Crippen molar-refractivity contribution in [2.75, 3.05) is 5.73 Å². The minimum atomic E-state index is -0.0324. The highest BCUT2D eigenvalue weighted by Crippen LogP contribution is 2.13. The molecule has 90 valence electrons. The van der Waals surface area contributed by atoms with Gasteiger partial charge >= 0.3 is 0 Å². The largest absolute Gasteiger partial charge is 0.399 e. The lowest BCUT2D eigenvalue weighted by Gasteiger charge is -1.97. The van der Waals surface area contributed by atoms with Gasteiger partial charge in [0, 0.05) is 15.7 Å². The van der Waals surface area contributed by atoms with E-state index in [0.717, 1.165) is 10.0 Å². The van der Waals surface area contributed by atoms with Crippen molar-refractivity contribution in [1.29, 1.82) is 0 Å². The van der Waals surface area contributed by atoms with Crippen molar-refractivity contribution in [3.8, 4) is 0 Å². The van der Waals surface area contributed by atoms with E-state index in [1.807, 2.05) is 24.3 Å². The van der Waals surface area contributed by atoms with Crippen molar-refractivity contribution in [2.45, 2.75) is 0 Å². The molecule has 2 aromatic carbocycles. The predicted molar refractivity (Wildman–Crippen MR) is 78.4 cm³/mol. The first kappa shape index (κ1) is 12.6. The quantitative estimate of drug-likeness (QED) is 0.530. The van der Waals surface area contributed by atoms with Gasteiger partial charge in [-0.25, -0.2) is 0 Å². The van der Waals surface area contributed by atoms with Gasteiger partial charge in [0.25, 0.3) is 0 Å². The zero-order valence-electron chi connectivity index (χ0n) is 9.64. The Morgan fingerprint density at radius 2 is 1.83 bits per heavy atom. The molecule has 0 bridgehead atoms. The average Bonchev–Trinajstić information content (AvgIpc) is 2.37. The first-order valence-electron chi connectivity index (χ1n) is 5.49. The van der Waals surface area contributed by atoms with E-state index < -0.39 is 0 Å². The molecule has 3 heteroatoms. The number of allylic oxidation sites excluding steroid dienone is 1. The molecule has 0 fully saturated rings.